The van der Waals surface area contributed by atoms with Crippen molar-refractivity contribution in [1.82, 2.24) is 5.32 Å². The Morgan fingerprint density at radius 1 is 1.04 bits per heavy atom. The van der Waals surface area contributed by atoms with Crippen molar-refractivity contribution in [3.05, 3.63) is 71.8 Å². The van der Waals surface area contributed by atoms with E-state index in [0.717, 1.165) is 11.1 Å². The van der Waals surface area contributed by atoms with E-state index in [2.05, 4.69) is 5.32 Å². The summed E-state index contributed by atoms with van der Waals surface area (Å²) >= 11 is 0. The lowest BCUT2D eigenvalue weighted by atomic mass is 9.87. The Bertz CT molecular complexity index is 678. The van der Waals surface area contributed by atoms with Gasteiger partial charge >= 0.3 is 5.97 Å². The molecule has 0 heterocycles. The zero-order valence-electron chi connectivity index (χ0n) is 15.1. The number of rotatable bonds is 9. The molecule has 0 aromatic heterocycles. The minimum Gasteiger partial charge on any atom is -0.481 e. The molecule has 2 aromatic rings. The van der Waals surface area contributed by atoms with Crippen LogP contribution in [0.3, 0.4) is 0 Å². The number of benzene rings is 2. The van der Waals surface area contributed by atoms with E-state index in [1.807, 2.05) is 60.7 Å². The number of nitrogens with one attached hydrogen (secondary N) is 1. The maximum Gasteiger partial charge on any atom is 0.305 e. The molecule has 1 unspecified atom stereocenters. The summed E-state index contributed by atoms with van der Waals surface area (Å²) in [5.41, 5.74) is 1.14. The molecular formula is C21H25NO4. The molecule has 0 spiro atoms. The monoisotopic (exact) mass is 355 g/mol. The molecule has 5 nitrogen and oxygen atoms in total. The fraction of sp³-hybridized carbons (Fsp3) is 0.333. The first kappa shape index (κ1) is 19.7. The number of hydrogen-bond acceptors (Lipinski definition) is 3. The number of hydrogen-bond donors (Lipinski definition) is 2. The van der Waals surface area contributed by atoms with Gasteiger partial charge in [-0.2, -0.15) is 0 Å². The third kappa shape index (κ3) is 5.70. The Labute approximate surface area is 154 Å². The summed E-state index contributed by atoms with van der Waals surface area (Å²) in [7, 11) is 1.49. The number of carbonyl (C=O) groups excluding carboxylic acids is 1. The minimum absolute atomic E-state index is 0.103. The zero-order valence-corrected chi connectivity index (χ0v) is 15.1. The normalized spacial score (nSPS) is 13.2. The molecule has 0 aliphatic rings. The summed E-state index contributed by atoms with van der Waals surface area (Å²) in [6.07, 6.45) is 0.0286. The quantitative estimate of drug-likeness (QED) is 0.724. The van der Waals surface area contributed by atoms with E-state index in [0.29, 0.717) is 0 Å². The first-order valence-electron chi connectivity index (χ1n) is 8.55. The van der Waals surface area contributed by atoms with Crippen molar-refractivity contribution in [2.45, 2.75) is 31.2 Å². The average Bonchev–Trinajstić information content (AvgIpc) is 2.60. The molecule has 0 bridgehead atoms. The van der Waals surface area contributed by atoms with Crippen LogP contribution in [0.15, 0.2) is 60.7 Å². The van der Waals surface area contributed by atoms with Crippen LogP contribution in [-0.2, 0) is 14.3 Å². The molecule has 0 saturated carbocycles. The maximum atomic E-state index is 12.7. The summed E-state index contributed by atoms with van der Waals surface area (Å²) in [5, 5.41) is 12.0. The molecule has 0 fully saturated rings. The predicted molar refractivity (Wildman–Crippen MR) is 100 cm³/mol. The highest BCUT2D eigenvalue weighted by atomic mass is 16.5. The van der Waals surface area contributed by atoms with E-state index in [9.17, 15) is 9.59 Å². The molecule has 0 radical (unpaired) electrons. The van der Waals surface area contributed by atoms with Crippen LogP contribution in [-0.4, -0.2) is 36.2 Å². The second-order valence-corrected chi connectivity index (χ2v) is 6.69. The summed E-state index contributed by atoms with van der Waals surface area (Å²) in [5.74, 6) is -1.29. The number of carboxylic acids is 1. The lowest BCUT2D eigenvalue weighted by Gasteiger charge is -2.29. The van der Waals surface area contributed by atoms with Crippen molar-refractivity contribution in [1.29, 1.82) is 0 Å². The Balaban J connectivity index is 2.20. The molecule has 1 amide bonds. The number of carbonyl (C=O) groups is 2. The van der Waals surface area contributed by atoms with E-state index in [1.54, 1.807) is 6.92 Å². The second-order valence-electron chi connectivity index (χ2n) is 6.69. The molecule has 2 rings (SSSR count). The van der Waals surface area contributed by atoms with Gasteiger partial charge in [-0.1, -0.05) is 60.7 Å². The van der Waals surface area contributed by atoms with Gasteiger partial charge in [0.15, 0.2) is 0 Å². The van der Waals surface area contributed by atoms with Crippen LogP contribution in [0.2, 0.25) is 0 Å². The zero-order chi connectivity index (χ0) is 19.0. The van der Waals surface area contributed by atoms with Gasteiger partial charge in [-0.25, -0.2) is 0 Å². The number of aliphatic carboxylic acids is 1. The molecule has 0 saturated heterocycles. The van der Waals surface area contributed by atoms with Crippen LogP contribution in [0.25, 0.3) is 0 Å². The fourth-order valence-electron chi connectivity index (χ4n) is 3.16. The molecule has 0 aliphatic heterocycles. The van der Waals surface area contributed by atoms with Crippen LogP contribution >= 0.6 is 0 Å². The van der Waals surface area contributed by atoms with E-state index < -0.39 is 11.5 Å². The van der Waals surface area contributed by atoms with Gasteiger partial charge in [-0.15, -0.1) is 0 Å². The highest BCUT2D eigenvalue weighted by molar-refractivity contribution is 5.79. The van der Waals surface area contributed by atoms with Crippen molar-refractivity contribution in [2.24, 2.45) is 0 Å². The highest BCUT2D eigenvalue weighted by Crippen LogP contribution is 2.28. The van der Waals surface area contributed by atoms with Crippen molar-refractivity contribution in [3.8, 4) is 0 Å². The average molecular weight is 355 g/mol. The van der Waals surface area contributed by atoms with E-state index in [4.69, 9.17) is 9.84 Å². The van der Waals surface area contributed by atoms with Gasteiger partial charge in [0.2, 0.25) is 5.91 Å². The van der Waals surface area contributed by atoms with E-state index in [-0.39, 0.29) is 31.3 Å². The van der Waals surface area contributed by atoms with Gasteiger partial charge in [0.25, 0.3) is 0 Å². The predicted octanol–water partition coefficient (Wildman–Crippen LogP) is 3.20. The van der Waals surface area contributed by atoms with Crippen LogP contribution in [0.4, 0.5) is 0 Å². The van der Waals surface area contributed by atoms with Gasteiger partial charge in [0, 0.05) is 19.4 Å². The molecule has 138 valence electrons. The summed E-state index contributed by atoms with van der Waals surface area (Å²) in [4.78, 5) is 23.8. The topological polar surface area (TPSA) is 75.6 Å². The third-order valence-corrected chi connectivity index (χ3v) is 4.24. The highest BCUT2D eigenvalue weighted by Gasteiger charge is 2.30. The SMILES string of the molecule is COCC(C)(CC(=O)O)NC(=O)CC(c1ccccc1)c1ccccc1. The molecule has 0 aliphatic carbocycles. The van der Waals surface area contributed by atoms with Gasteiger partial charge < -0.3 is 15.2 Å². The second kappa shape index (κ2) is 9.15. The maximum absolute atomic E-state index is 12.7. The van der Waals surface area contributed by atoms with Gasteiger partial charge in [0.1, 0.15) is 0 Å². The first-order chi connectivity index (χ1) is 12.4. The lowest BCUT2D eigenvalue weighted by Crippen LogP contribution is -2.51. The summed E-state index contributed by atoms with van der Waals surface area (Å²) in [6, 6.07) is 19.7. The summed E-state index contributed by atoms with van der Waals surface area (Å²) in [6.45, 7) is 1.81. The van der Waals surface area contributed by atoms with Crippen molar-refractivity contribution in [2.75, 3.05) is 13.7 Å². The molecule has 1 atom stereocenters. The number of carboxylic acid groups (broad SMARTS) is 1. The Hall–Kier alpha value is -2.66. The molecule has 2 aromatic carbocycles. The van der Waals surface area contributed by atoms with Gasteiger partial charge in [0.05, 0.1) is 18.6 Å². The molecule has 26 heavy (non-hydrogen) atoms. The number of ether oxygens (including phenoxy) is 1. The van der Waals surface area contributed by atoms with Crippen LogP contribution in [0.1, 0.15) is 36.8 Å². The number of methoxy groups -OCH3 is 1. The Morgan fingerprint density at radius 2 is 1.54 bits per heavy atom. The largest absolute Gasteiger partial charge is 0.481 e. The van der Waals surface area contributed by atoms with Crippen molar-refractivity contribution in [3.63, 3.8) is 0 Å². The molecular weight excluding hydrogens is 330 g/mol. The Kier molecular flexibility index (Phi) is 6.92. The Morgan fingerprint density at radius 3 is 1.96 bits per heavy atom. The lowest BCUT2D eigenvalue weighted by molar-refractivity contribution is -0.139. The standard InChI is InChI=1S/C21H25NO4/c1-21(15-26-2,14-20(24)25)22-19(23)13-18(16-9-5-3-6-10-16)17-11-7-4-8-12-17/h3-12,18H,13-15H2,1-2H3,(H,22,23)(H,24,25). The van der Waals surface area contributed by atoms with Gasteiger partial charge in [-0.05, 0) is 18.1 Å². The molecule has 5 heteroatoms. The first-order valence-corrected chi connectivity index (χ1v) is 8.55. The van der Waals surface area contributed by atoms with Crippen LogP contribution in [0.5, 0.6) is 0 Å². The fourth-order valence-corrected chi connectivity index (χ4v) is 3.16. The van der Waals surface area contributed by atoms with Crippen molar-refractivity contribution >= 4 is 11.9 Å². The van der Waals surface area contributed by atoms with E-state index >= 15 is 0 Å². The van der Waals surface area contributed by atoms with E-state index in [1.165, 1.54) is 7.11 Å². The molecule has 2 N–H and O–H groups in total. The third-order valence-electron chi connectivity index (χ3n) is 4.24. The van der Waals surface area contributed by atoms with Crippen molar-refractivity contribution < 1.29 is 19.4 Å². The minimum atomic E-state index is -0.979. The number of amides is 1. The van der Waals surface area contributed by atoms with Gasteiger partial charge in [-0.3, -0.25) is 9.59 Å². The van der Waals surface area contributed by atoms with Crippen LogP contribution < -0.4 is 5.32 Å². The summed E-state index contributed by atoms with van der Waals surface area (Å²) < 4.78 is 5.10. The van der Waals surface area contributed by atoms with Crippen LogP contribution in [0, 0.1) is 0 Å². The smallest absolute Gasteiger partial charge is 0.305 e.